The highest BCUT2D eigenvalue weighted by molar-refractivity contribution is 6.45. The number of allylic oxidation sites excluding steroid dienone is 1. The minimum Gasteiger partial charge on any atom is -0.480 e. The van der Waals surface area contributed by atoms with E-state index in [9.17, 15) is 19.2 Å². The van der Waals surface area contributed by atoms with Gasteiger partial charge in [0.1, 0.15) is 11.1 Å². The lowest BCUT2D eigenvalue weighted by Crippen LogP contribution is -2.60. The average Bonchev–Trinajstić information content (AvgIpc) is 3.78. The first-order chi connectivity index (χ1) is 36.3. The van der Waals surface area contributed by atoms with Crippen LogP contribution in [0.15, 0.2) is 12.7 Å². The zero-order valence-corrected chi connectivity index (χ0v) is 52.1. The normalized spacial score (nSPS) is 30.4. The van der Waals surface area contributed by atoms with Gasteiger partial charge in [-0.15, -0.1) is 6.58 Å². The Labute approximate surface area is 497 Å². The summed E-state index contributed by atoms with van der Waals surface area (Å²) in [6.45, 7) is 38.6. The van der Waals surface area contributed by atoms with Crippen LogP contribution in [0.4, 0.5) is 0 Å². The maximum atomic E-state index is 12.8. The third kappa shape index (κ3) is 25.8. The first-order valence-corrected chi connectivity index (χ1v) is 29.3. The maximum Gasteiger partial charge on any atom is 0.488 e. The van der Waals surface area contributed by atoms with Crippen LogP contribution in [0, 0.1) is 34.5 Å². The molecule has 20 nitrogen and oxygen atoms in total. The second kappa shape index (κ2) is 32.4. The monoisotopic (exact) mass is 1170 g/mol. The molecule has 4 heterocycles. The summed E-state index contributed by atoms with van der Waals surface area (Å²) in [6, 6.07) is 0. The van der Waals surface area contributed by atoms with Crippen molar-refractivity contribution in [1.29, 1.82) is 0 Å². The van der Waals surface area contributed by atoms with Gasteiger partial charge in [-0.3, -0.25) is 19.2 Å². The molecule has 14 N–H and O–H groups in total. The summed E-state index contributed by atoms with van der Waals surface area (Å²) in [5.74, 6) is -0.364. The molecule has 82 heavy (non-hydrogen) atoms. The second-order valence-corrected chi connectivity index (χ2v) is 28.6. The van der Waals surface area contributed by atoms with E-state index in [1.54, 1.807) is 0 Å². The Bertz CT molecular complexity index is 1910. The number of carboxylic acids is 2. The van der Waals surface area contributed by atoms with Gasteiger partial charge < -0.3 is 81.7 Å². The van der Waals surface area contributed by atoms with Crippen LogP contribution in [0.1, 0.15) is 209 Å². The smallest absolute Gasteiger partial charge is 0.480 e. The van der Waals surface area contributed by atoms with Crippen molar-refractivity contribution in [3.05, 3.63) is 12.7 Å². The summed E-state index contributed by atoms with van der Waals surface area (Å²) in [6.07, 6.45) is 14.9. The molecule has 8 atom stereocenters. The third-order valence-corrected chi connectivity index (χ3v) is 17.3. The van der Waals surface area contributed by atoms with Crippen LogP contribution in [0.2, 0.25) is 19.0 Å². The largest absolute Gasteiger partial charge is 0.488 e. The molecule has 0 aromatic rings. The van der Waals surface area contributed by atoms with Crippen LogP contribution < -0.4 is 32.7 Å². The number of piperidine rings is 2. The van der Waals surface area contributed by atoms with Crippen LogP contribution in [-0.4, -0.2) is 154 Å². The molecule has 0 aromatic heterocycles. The molecular weight excluding hydrogens is 1050 g/mol. The van der Waals surface area contributed by atoms with E-state index in [1.807, 2.05) is 75.3 Å². The lowest BCUT2D eigenvalue weighted by Gasteiger charge is -2.39. The molecule has 6 fully saturated rings. The quantitative estimate of drug-likeness (QED) is 0.0632. The standard InChI is InChI=1S/C20H38BNO3.C14H25NO.2C8H17BN2O4.C6H12BO2.2CH4/c1-17(2,3)22-16(23)20(8)12-9-10-15(14-20)11-13-21-24-18(4,5)19(6,7)25-21;1-6-11-8-7-9-14(5,10-11)12(16)15-13(2,3)4;2*10-8(7(12)13)3-6(4-11-5-8)1-2-9(14)15;1-5(2)6(3,4)9-7-8-5;;/h15H,9-14H2,1-8H3,(H,22,23);6,11H,1,7-10H2,2-5H3,(H,15,16);2*6,11,14-15H,1-5,10H2,(H,12,13);1-4H3;2*1H4/t15-,20-;11-,14+;2*6-,8-;;;/m1011.../s1. The predicted molar refractivity (Wildman–Crippen MR) is 331 cm³/mol. The van der Waals surface area contributed by atoms with Crippen LogP contribution in [0.25, 0.3) is 0 Å². The number of carbonyl (C=O) groups excluding carboxylic acids is 2. The highest BCUT2D eigenvalue weighted by Crippen LogP contribution is 2.44. The van der Waals surface area contributed by atoms with Crippen LogP contribution >= 0.6 is 0 Å². The lowest BCUT2D eigenvalue weighted by atomic mass is 9.67. The molecule has 6 rings (SSSR count). The number of carbonyl (C=O) groups is 4. The highest BCUT2D eigenvalue weighted by Gasteiger charge is 2.51. The van der Waals surface area contributed by atoms with Gasteiger partial charge in [0, 0.05) is 35.0 Å². The summed E-state index contributed by atoms with van der Waals surface area (Å²) < 4.78 is 22.7. The fourth-order valence-corrected chi connectivity index (χ4v) is 10.8. The molecule has 475 valence electrons. The Balaban J connectivity index is 0.00000103. The van der Waals surface area contributed by atoms with Crippen LogP contribution in [0.5, 0.6) is 0 Å². The van der Waals surface area contributed by atoms with Crippen LogP contribution in [-0.2, 0) is 37.8 Å². The highest BCUT2D eigenvalue weighted by atomic mass is 16.7. The fourth-order valence-electron chi connectivity index (χ4n) is 10.8. The molecule has 24 heteroatoms. The summed E-state index contributed by atoms with van der Waals surface area (Å²) in [7, 11) is -1.37. The topological polar surface area (TPSA) is 327 Å². The van der Waals surface area contributed by atoms with Crippen molar-refractivity contribution in [3.8, 4) is 0 Å². The van der Waals surface area contributed by atoms with Gasteiger partial charge in [-0.1, -0.05) is 73.3 Å². The molecule has 2 amide bonds. The molecule has 1 radical (unpaired) electrons. The predicted octanol–water partition coefficient (Wildman–Crippen LogP) is 6.74. The minimum atomic E-state index is -1.33. The van der Waals surface area contributed by atoms with E-state index in [0.717, 1.165) is 51.3 Å². The molecule has 4 aliphatic heterocycles. The van der Waals surface area contributed by atoms with Crippen molar-refractivity contribution in [2.24, 2.45) is 46.0 Å². The number of nitrogens with two attached hydrogens (primary N) is 2. The van der Waals surface area contributed by atoms with E-state index in [-0.39, 0.29) is 116 Å². The van der Waals surface area contributed by atoms with Crippen molar-refractivity contribution >= 4 is 52.8 Å². The zero-order chi connectivity index (χ0) is 61.6. The van der Waals surface area contributed by atoms with E-state index < -0.39 is 37.3 Å². The number of nitrogens with one attached hydrogen (secondary N) is 4. The summed E-state index contributed by atoms with van der Waals surface area (Å²) in [5.41, 5.74) is 7.34. The van der Waals surface area contributed by atoms with E-state index in [0.29, 0.717) is 50.6 Å². The van der Waals surface area contributed by atoms with Gasteiger partial charge >= 0.3 is 41.0 Å². The van der Waals surface area contributed by atoms with Crippen molar-refractivity contribution in [2.45, 2.75) is 273 Å². The molecule has 0 bridgehead atoms. The SMILES string of the molecule is C.C.C=C[C@H]1CCC[C@@](C)(C(=O)NC(C)(C)C)C1.CC(C)(C)NC(=O)[C@]1(C)CCC[C@H](CCB2OC(C)(C)C(C)(C)O2)C1.CC1(C)O[B]OC1(C)C.N[C@@]1(C(=O)O)CNC[C@H](CCB(O)O)C1.N[C@@]1(C(=O)O)CNC[C@H](CCB(O)O)C1. The maximum absolute atomic E-state index is 12.8. The number of amides is 2. The average molecular weight is 1170 g/mol. The molecule has 6 aliphatic rings. The summed E-state index contributed by atoms with van der Waals surface area (Å²) >= 11 is 0. The van der Waals surface area contributed by atoms with Crippen molar-refractivity contribution in [3.63, 3.8) is 0 Å². The number of aliphatic carboxylic acids is 2. The van der Waals surface area contributed by atoms with Gasteiger partial charge in [0.2, 0.25) is 11.8 Å². The Morgan fingerprint density at radius 1 is 0.622 bits per heavy atom. The van der Waals surface area contributed by atoms with Gasteiger partial charge in [0.05, 0.1) is 22.4 Å². The molecule has 2 aliphatic carbocycles. The minimum absolute atomic E-state index is 0. The number of carboxylic acid groups (broad SMARTS) is 2. The van der Waals surface area contributed by atoms with E-state index in [1.165, 1.54) is 20.5 Å². The van der Waals surface area contributed by atoms with Crippen LogP contribution in [0.3, 0.4) is 0 Å². The van der Waals surface area contributed by atoms with E-state index >= 15 is 0 Å². The first kappa shape index (κ1) is 79.4. The van der Waals surface area contributed by atoms with Gasteiger partial charge in [0.15, 0.2) is 0 Å². The van der Waals surface area contributed by atoms with Gasteiger partial charge in [-0.25, -0.2) is 0 Å². The fraction of sp³-hybridized carbons (Fsp3) is 0.897. The number of hydrogen-bond donors (Lipinski definition) is 12. The molecule has 2 saturated carbocycles. The van der Waals surface area contributed by atoms with Crippen molar-refractivity contribution < 1.29 is 68.1 Å². The summed E-state index contributed by atoms with van der Waals surface area (Å²) in [4.78, 5) is 46.8. The summed E-state index contributed by atoms with van der Waals surface area (Å²) in [5, 5.41) is 64.9. The molecule has 0 aromatic carbocycles. The Morgan fingerprint density at radius 3 is 1.33 bits per heavy atom. The zero-order valence-electron chi connectivity index (χ0n) is 52.1. The van der Waals surface area contributed by atoms with E-state index in [2.05, 4.69) is 69.4 Å². The second-order valence-electron chi connectivity index (χ2n) is 28.6. The van der Waals surface area contributed by atoms with Crippen molar-refractivity contribution in [2.75, 3.05) is 26.2 Å². The Kier molecular flexibility index (Phi) is 31.4. The molecule has 0 unspecified atom stereocenters. The van der Waals surface area contributed by atoms with Gasteiger partial charge in [0.25, 0.3) is 0 Å². The molecule has 0 spiro atoms. The van der Waals surface area contributed by atoms with Crippen molar-refractivity contribution in [1.82, 2.24) is 21.3 Å². The first-order valence-electron chi connectivity index (χ1n) is 29.3. The molecular formula is C58H117B4N6O14. The molecule has 4 saturated heterocycles. The Hall–Kier alpha value is -2.60. The lowest BCUT2D eigenvalue weighted by molar-refractivity contribution is -0.145. The Morgan fingerprint density at radius 2 is 1.00 bits per heavy atom. The van der Waals surface area contributed by atoms with Gasteiger partial charge in [-0.05, 0) is 198 Å². The number of hydrogen-bond acceptors (Lipinski definition) is 16. The number of rotatable bonds is 14. The van der Waals surface area contributed by atoms with Gasteiger partial charge in [-0.2, -0.15) is 0 Å². The third-order valence-electron chi connectivity index (χ3n) is 17.3. The van der Waals surface area contributed by atoms with E-state index in [4.69, 9.17) is 60.4 Å².